The van der Waals surface area contributed by atoms with E-state index in [2.05, 4.69) is 9.97 Å². The number of aliphatic hydroxyl groups excluding tert-OH is 1. The quantitative estimate of drug-likeness (QED) is 0.203. The van der Waals surface area contributed by atoms with Crippen molar-refractivity contribution in [3.8, 4) is 0 Å². The number of rotatable bonds is 8. The number of amides is 1. The minimum Gasteiger partial charge on any atom is -0.507 e. The summed E-state index contributed by atoms with van der Waals surface area (Å²) in [6.45, 7) is 6.10. The molecule has 3 heterocycles. The van der Waals surface area contributed by atoms with E-state index in [0.29, 0.717) is 40.4 Å². The summed E-state index contributed by atoms with van der Waals surface area (Å²) in [4.78, 5) is 47.3. The molecule has 1 aromatic carbocycles. The van der Waals surface area contributed by atoms with Crippen molar-refractivity contribution in [1.29, 1.82) is 0 Å². The number of nitrogens with one attached hydrogen (secondary N) is 1. The van der Waals surface area contributed by atoms with Gasteiger partial charge in [-0.15, -0.1) is 0 Å². The first-order valence-electron chi connectivity index (χ1n) is 11.6. The van der Waals surface area contributed by atoms with Crippen LogP contribution in [0.5, 0.6) is 0 Å². The zero-order chi connectivity index (χ0) is 26.0. The highest BCUT2D eigenvalue weighted by atomic mass is 35.5. The van der Waals surface area contributed by atoms with E-state index in [4.69, 9.17) is 16.3 Å². The maximum Gasteiger partial charge on any atom is 0.355 e. The number of hydrogen-bond acceptors (Lipinski definition) is 6. The number of ether oxygens (including phenoxy) is 1. The van der Waals surface area contributed by atoms with Crippen LogP contribution in [0, 0.1) is 13.8 Å². The fourth-order valence-electron chi connectivity index (χ4n) is 4.62. The van der Waals surface area contributed by atoms with Crippen LogP contribution in [0.1, 0.15) is 52.3 Å². The molecular weight excluding hydrogens is 484 g/mol. The van der Waals surface area contributed by atoms with Gasteiger partial charge in [0, 0.05) is 41.8 Å². The van der Waals surface area contributed by atoms with E-state index in [1.807, 2.05) is 10.8 Å². The van der Waals surface area contributed by atoms with E-state index in [-0.39, 0.29) is 30.2 Å². The maximum atomic E-state index is 13.3. The Morgan fingerprint density at radius 2 is 2.03 bits per heavy atom. The molecule has 0 aliphatic carbocycles. The summed E-state index contributed by atoms with van der Waals surface area (Å²) in [7, 11) is 0. The van der Waals surface area contributed by atoms with E-state index in [1.54, 1.807) is 57.6 Å². The van der Waals surface area contributed by atoms with Crippen molar-refractivity contribution in [2.75, 3.05) is 13.2 Å². The zero-order valence-electron chi connectivity index (χ0n) is 20.2. The van der Waals surface area contributed by atoms with Gasteiger partial charge in [-0.05, 0) is 50.5 Å². The largest absolute Gasteiger partial charge is 0.507 e. The van der Waals surface area contributed by atoms with Gasteiger partial charge in [0.25, 0.3) is 11.7 Å². The molecule has 1 unspecified atom stereocenters. The van der Waals surface area contributed by atoms with Crippen LogP contribution >= 0.6 is 11.6 Å². The number of benzene rings is 1. The molecule has 0 saturated carbocycles. The SMILES string of the molecule is CCOC(=O)c1[nH]c(C)c(C(O)=C2C(=O)C(=O)N(CCCn3ccnc3)C2c2cccc(Cl)c2)c1C. The van der Waals surface area contributed by atoms with Crippen molar-refractivity contribution in [2.24, 2.45) is 0 Å². The number of aromatic nitrogens is 3. The fourth-order valence-corrected chi connectivity index (χ4v) is 4.82. The number of carbonyl (C=O) groups is 3. The number of carbonyl (C=O) groups excluding carboxylic acids is 3. The lowest BCUT2D eigenvalue weighted by molar-refractivity contribution is -0.139. The van der Waals surface area contributed by atoms with E-state index in [1.165, 1.54) is 4.90 Å². The van der Waals surface area contributed by atoms with E-state index >= 15 is 0 Å². The van der Waals surface area contributed by atoms with Gasteiger partial charge in [-0.3, -0.25) is 9.59 Å². The number of halogens is 1. The third-order valence-corrected chi connectivity index (χ3v) is 6.47. The number of esters is 1. The first-order chi connectivity index (χ1) is 17.2. The Morgan fingerprint density at radius 1 is 1.25 bits per heavy atom. The van der Waals surface area contributed by atoms with Crippen molar-refractivity contribution in [3.05, 3.63) is 81.7 Å². The van der Waals surface area contributed by atoms with Crippen molar-refractivity contribution < 1.29 is 24.2 Å². The van der Waals surface area contributed by atoms with Crippen LogP contribution in [0.15, 0.2) is 48.6 Å². The highest BCUT2D eigenvalue weighted by molar-refractivity contribution is 6.46. The number of hydrogen-bond donors (Lipinski definition) is 2. The van der Waals surface area contributed by atoms with E-state index < -0.39 is 23.7 Å². The second-order valence-electron chi connectivity index (χ2n) is 8.55. The van der Waals surface area contributed by atoms with Crippen LogP contribution in [0.2, 0.25) is 5.02 Å². The topological polar surface area (TPSA) is 118 Å². The van der Waals surface area contributed by atoms with Crippen LogP contribution in [-0.4, -0.2) is 55.4 Å². The summed E-state index contributed by atoms with van der Waals surface area (Å²) in [6.07, 6.45) is 5.74. The van der Waals surface area contributed by atoms with Gasteiger partial charge in [0.2, 0.25) is 0 Å². The Labute approximate surface area is 213 Å². The Balaban J connectivity index is 1.79. The molecular formula is C26H27ClN4O5. The zero-order valence-corrected chi connectivity index (χ0v) is 21.0. The highest BCUT2D eigenvalue weighted by Crippen LogP contribution is 2.41. The molecule has 1 saturated heterocycles. The molecule has 36 heavy (non-hydrogen) atoms. The normalized spacial score (nSPS) is 17.1. The highest BCUT2D eigenvalue weighted by Gasteiger charge is 2.46. The Morgan fingerprint density at radius 3 is 2.69 bits per heavy atom. The van der Waals surface area contributed by atoms with Gasteiger partial charge in [-0.2, -0.15) is 0 Å². The molecule has 10 heteroatoms. The summed E-state index contributed by atoms with van der Waals surface area (Å²) >= 11 is 6.24. The number of aryl methyl sites for hydroxylation is 2. The van der Waals surface area contributed by atoms with Crippen LogP contribution in [-0.2, 0) is 20.9 Å². The molecule has 1 fully saturated rings. The molecule has 3 aromatic rings. The number of aromatic amines is 1. The Bertz CT molecular complexity index is 1340. The molecule has 1 aliphatic heterocycles. The van der Waals surface area contributed by atoms with Gasteiger partial charge in [0.1, 0.15) is 11.5 Å². The average molecular weight is 511 g/mol. The third kappa shape index (κ3) is 4.66. The monoisotopic (exact) mass is 510 g/mol. The number of likely N-dealkylation sites (tertiary alicyclic amines) is 1. The first kappa shape index (κ1) is 25.2. The first-order valence-corrected chi connectivity index (χ1v) is 12.0. The minimum atomic E-state index is -0.841. The smallest absolute Gasteiger partial charge is 0.355 e. The van der Waals surface area contributed by atoms with Crippen LogP contribution < -0.4 is 0 Å². The Kier molecular flexibility index (Phi) is 7.30. The lowest BCUT2D eigenvalue weighted by Crippen LogP contribution is -2.31. The van der Waals surface area contributed by atoms with Crippen molar-refractivity contribution in [3.63, 3.8) is 0 Å². The summed E-state index contributed by atoms with van der Waals surface area (Å²) in [5.41, 5.74) is 1.93. The molecule has 0 radical (unpaired) electrons. The molecule has 0 bridgehead atoms. The number of aliphatic hydroxyl groups is 1. The predicted molar refractivity (Wildman–Crippen MR) is 134 cm³/mol. The number of ketones is 1. The predicted octanol–water partition coefficient (Wildman–Crippen LogP) is 4.17. The van der Waals surface area contributed by atoms with Crippen molar-refractivity contribution in [1.82, 2.24) is 19.4 Å². The number of Topliss-reactive ketones (excluding diaryl/α,β-unsaturated/α-hetero) is 1. The molecule has 1 atom stereocenters. The molecule has 4 rings (SSSR count). The lowest BCUT2D eigenvalue weighted by atomic mass is 9.94. The fraction of sp³-hybridized carbons (Fsp3) is 0.308. The van der Waals surface area contributed by atoms with E-state index in [9.17, 15) is 19.5 Å². The lowest BCUT2D eigenvalue weighted by Gasteiger charge is -2.25. The standard InChI is InChI=1S/C26H27ClN4O5/c1-4-36-26(35)21-15(2)19(16(3)29-21)23(32)20-22(17-7-5-8-18(27)13-17)31(25(34)24(20)33)11-6-10-30-12-9-28-14-30/h5,7-9,12-14,22,29,32H,4,6,10-11H2,1-3H3. The summed E-state index contributed by atoms with van der Waals surface area (Å²) < 4.78 is 6.98. The number of nitrogens with zero attached hydrogens (tertiary/aromatic N) is 3. The molecule has 1 aliphatic rings. The van der Waals surface area contributed by atoms with E-state index in [0.717, 1.165) is 0 Å². The van der Waals surface area contributed by atoms with Crippen molar-refractivity contribution >= 4 is 35.0 Å². The van der Waals surface area contributed by atoms with Gasteiger partial charge in [0.05, 0.1) is 24.5 Å². The second-order valence-corrected chi connectivity index (χ2v) is 8.98. The molecule has 2 aromatic heterocycles. The van der Waals surface area contributed by atoms with Gasteiger partial charge in [0.15, 0.2) is 0 Å². The van der Waals surface area contributed by atoms with Crippen LogP contribution in [0.4, 0.5) is 0 Å². The van der Waals surface area contributed by atoms with Crippen LogP contribution in [0.3, 0.4) is 0 Å². The summed E-state index contributed by atoms with van der Waals surface area (Å²) in [5, 5.41) is 11.9. The summed E-state index contributed by atoms with van der Waals surface area (Å²) in [5.74, 6) is -2.41. The van der Waals surface area contributed by atoms with Gasteiger partial charge in [-0.1, -0.05) is 23.7 Å². The number of H-pyrrole nitrogens is 1. The molecule has 0 spiro atoms. The molecule has 9 nitrogen and oxygen atoms in total. The second kappa shape index (κ2) is 10.4. The maximum absolute atomic E-state index is 13.3. The summed E-state index contributed by atoms with van der Waals surface area (Å²) in [6, 6.07) is 6.03. The average Bonchev–Trinajstić information content (AvgIpc) is 3.52. The van der Waals surface area contributed by atoms with Gasteiger partial charge < -0.3 is 24.3 Å². The molecule has 2 N–H and O–H groups in total. The van der Waals surface area contributed by atoms with Crippen molar-refractivity contribution in [2.45, 2.75) is 39.8 Å². The van der Waals surface area contributed by atoms with Gasteiger partial charge in [-0.25, -0.2) is 9.78 Å². The molecule has 188 valence electrons. The minimum absolute atomic E-state index is 0.0505. The van der Waals surface area contributed by atoms with Gasteiger partial charge >= 0.3 is 5.97 Å². The molecule has 1 amide bonds. The Hall–Kier alpha value is -3.85. The third-order valence-electron chi connectivity index (χ3n) is 6.23. The van der Waals surface area contributed by atoms with Crippen LogP contribution in [0.25, 0.3) is 5.76 Å². The number of imidazole rings is 1.